The van der Waals surface area contributed by atoms with Crippen molar-refractivity contribution in [2.24, 2.45) is 39.9 Å². The minimum absolute atomic E-state index is 0.0554. The van der Waals surface area contributed by atoms with E-state index in [1.54, 1.807) is 0 Å². The molecule has 2 heterocycles. The van der Waals surface area contributed by atoms with Gasteiger partial charge in [-0.15, -0.1) is 0 Å². The van der Waals surface area contributed by atoms with Crippen LogP contribution < -0.4 is 0 Å². The molecule has 3 aliphatic carbocycles. The van der Waals surface area contributed by atoms with Crippen LogP contribution in [0.2, 0.25) is 0 Å². The molecule has 4 heteroatoms. The summed E-state index contributed by atoms with van der Waals surface area (Å²) >= 11 is 0. The van der Waals surface area contributed by atoms with Crippen molar-refractivity contribution in [3.8, 4) is 0 Å². The molecule has 0 aromatic heterocycles. The number of hydrogen-bond acceptors (Lipinski definition) is 4. The third-order valence-corrected chi connectivity index (χ3v) is 8.96. The fourth-order valence-corrected chi connectivity index (χ4v) is 8.19. The van der Waals surface area contributed by atoms with Crippen LogP contribution in [0.4, 0.5) is 0 Å². The average Bonchev–Trinajstić information content (AvgIpc) is 2.96. The van der Waals surface area contributed by atoms with Crippen LogP contribution in [0.25, 0.3) is 0 Å². The van der Waals surface area contributed by atoms with Crippen LogP contribution in [0.3, 0.4) is 0 Å². The zero-order valence-corrected chi connectivity index (χ0v) is 15.1. The van der Waals surface area contributed by atoms with Gasteiger partial charge in [-0.2, -0.15) is 0 Å². The first-order chi connectivity index (χ1) is 11.3. The fourth-order valence-electron chi connectivity index (χ4n) is 8.19. The van der Waals surface area contributed by atoms with Gasteiger partial charge in [-0.3, -0.25) is 4.79 Å². The van der Waals surface area contributed by atoms with E-state index in [4.69, 9.17) is 9.47 Å². The number of esters is 1. The predicted molar refractivity (Wildman–Crippen MR) is 87.6 cm³/mol. The summed E-state index contributed by atoms with van der Waals surface area (Å²) in [7, 11) is 0. The van der Waals surface area contributed by atoms with E-state index in [0.29, 0.717) is 17.3 Å². The Morgan fingerprint density at radius 1 is 1.04 bits per heavy atom. The van der Waals surface area contributed by atoms with Gasteiger partial charge in [-0.25, -0.2) is 0 Å². The van der Waals surface area contributed by atoms with Crippen molar-refractivity contribution in [3.05, 3.63) is 0 Å². The molecule has 5 rings (SSSR count). The summed E-state index contributed by atoms with van der Waals surface area (Å²) in [6.45, 7) is 7.35. The molecule has 4 nitrogen and oxygen atoms in total. The molecule has 2 saturated heterocycles. The third kappa shape index (κ3) is 1.61. The lowest BCUT2D eigenvalue weighted by Crippen LogP contribution is -2.62. The minimum atomic E-state index is -0.767. The number of fused-ring (bicyclic) bond motifs is 2. The number of rotatable bonds is 0. The molecular weight excluding hydrogens is 304 g/mol. The number of aliphatic hydroxyl groups excluding tert-OH is 1. The molecule has 0 aromatic carbocycles. The van der Waals surface area contributed by atoms with Gasteiger partial charge in [0, 0.05) is 11.3 Å². The summed E-state index contributed by atoms with van der Waals surface area (Å²) < 4.78 is 11.3. The van der Waals surface area contributed by atoms with E-state index in [2.05, 4.69) is 20.8 Å². The summed E-state index contributed by atoms with van der Waals surface area (Å²) in [4.78, 5) is 12.3. The molecular formula is C20H30O4. The summed E-state index contributed by atoms with van der Waals surface area (Å²) in [5.74, 6) is 1.07. The maximum absolute atomic E-state index is 12.3. The van der Waals surface area contributed by atoms with E-state index in [9.17, 15) is 9.90 Å². The third-order valence-electron chi connectivity index (χ3n) is 8.96. The molecule has 1 spiro atoms. The zero-order chi connectivity index (χ0) is 16.9. The maximum atomic E-state index is 12.3. The van der Waals surface area contributed by atoms with Gasteiger partial charge in [0.2, 0.25) is 6.29 Å². The van der Waals surface area contributed by atoms with Crippen LogP contribution in [-0.4, -0.2) is 23.7 Å². The number of ether oxygens (including phenoxy) is 2. The molecule has 2 aliphatic heterocycles. The van der Waals surface area contributed by atoms with Crippen LogP contribution in [0, 0.1) is 39.9 Å². The van der Waals surface area contributed by atoms with Gasteiger partial charge in [0.25, 0.3) is 0 Å². The van der Waals surface area contributed by atoms with Crippen molar-refractivity contribution in [1.82, 2.24) is 0 Å². The van der Waals surface area contributed by atoms with Crippen LogP contribution in [0.5, 0.6) is 0 Å². The highest BCUT2D eigenvalue weighted by atomic mass is 16.8. The second-order valence-electron chi connectivity index (χ2n) is 10.1. The summed E-state index contributed by atoms with van der Waals surface area (Å²) in [6.07, 6.45) is 6.63. The van der Waals surface area contributed by atoms with E-state index < -0.39 is 12.6 Å². The monoisotopic (exact) mass is 334 g/mol. The molecule has 134 valence electrons. The second kappa shape index (κ2) is 4.56. The summed E-state index contributed by atoms with van der Waals surface area (Å²) in [5.41, 5.74) is 0.353. The maximum Gasteiger partial charge on any atom is 0.311 e. The molecule has 0 aromatic rings. The Hall–Kier alpha value is -0.610. The Morgan fingerprint density at radius 2 is 1.83 bits per heavy atom. The zero-order valence-electron chi connectivity index (χ0n) is 15.1. The summed E-state index contributed by atoms with van der Waals surface area (Å²) in [6, 6.07) is 0. The minimum Gasteiger partial charge on any atom is -0.435 e. The highest BCUT2D eigenvalue weighted by Gasteiger charge is 2.74. The Bertz CT molecular complexity index is 586. The SMILES string of the molecule is CC1(C)CCC[C@@]2(C)[C@@H]1CC[C@@]13[C@@H]4[C@@H](OC(=O)[C@@H]4CC[C@@H]21)O[C@H]3O. The predicted octanol–water partition coefficient (Wildman–Crippen LogP) is 3.47. The highest BCUT2D eigenvalue weighted by molar-refractivity contribution is 5.75. The second-order valence-corrected chi connectivity index (χ2v) is 10.1. The van der Waals surface area contributed by atoms with Crippen molar-refractivity contribution in [2.75, 3.05) is 0 Å². The number of aliphatic hydroxyl groups is 1. The molecule has 0 bridgehead atoms. The van der Waals surface area contributed by atoms with E-state index in [1.165, 1.54) is 19.3 Å². The molecule has 24 heavy (non-hydrogen) atoms. The van der Waals surface area contributed by atoms with Gasteiger partial charge in [-0.1, -0.05) is 27.2 Å². The Morgan fingerprint density at radius 3 is 2.62 bits per heavy atom. The molecule has 5 aliphatic rings. The topological polar surface area (TPSA) is 55.8 Å². The summed E-state index contributed by atoms with van der Waals surface area (Å²) in [5, 5.41) is 10.9. The van der Waals surface area contributed by atoms with Crippen LogP contribution in [-0.2, 0) is 14.3 Å². The molecule has 8 atom stereocenters. The van der Waals surface area contributed by atoms with Gasteiger partial charge in [0.15, 0.2) is 6.29 Å². The fraction of sp³-hybridized carbons (Fsp3) is 0.950. The van der Waals surface area contributed by atoms with Crippen LogP contribution in [0.1, 0.15) is 65.7 Å². The van der Waals surface area contributed by atoms with Crippen LogP contribution >= 0.6 is 0 Å². The highest BCUT2D eigenvalue weighted by Crippen LogP contribution is 2.73. The first-order valence-electron chi connectivity index (χ1n) is 9.85. The van der Waals surface area contributed by atoms with Gasteiger partial charge in [0.1, 0.15) is 0 Å². The van der Waals surface area contributed by atoms with Crippen molar-refractivity contribution in [1.29, 1.82) is 0 Å². The molecule has 0 unspecified atom stereocenters. The normalized spacial score (nSPS) is 57.8. The van der Waals surface area contributed by atoms with E-state index >= 15 is 0 Å². The van der Waals surface area contributed by atoms with Gasteiger partial charge in [0.05, 0.1) is 5.92 Å². The number of carbonyl (C=O) groups excluding carboxylic acids is 1. The number of hydrogen-bond donors (Lipinski definition) is 1. The molecule has 0 radical (unpaired) electrons. The quantitative estimate of drug-likeness (QED) is 0.689. The van der Waals surface area contributed by atoms with Gasteiger partial charge >= 0.3 is 5.97 Å². The Kier molecular flexibility index (Phi) is 2.97. The standard InChI is InChI=1S/C20H30O4/c1-18(2)8-4-9-19(3)12(18)7-10-20-13(19)6-5-11-14(20)16(23-15(11)21)24-17(20)22/h11-14,16-17,22H,4-10H2,1-3H3/t11-,12-,13+,14+,16+,17-,19+,20+/m1/s1. The average molecular weight is 334 g/mol. The number of carbonyl (C=O) groups is 1. The lowest BCUT2D eigenvalue weighted by molar-refractivity contribution is -0.241. The first kappa shape index (κ1) is 15.6. The van der Waals surface area contributed by atoms with Crippen molar-refractivity contribution < 1.29 is 19.4 Å². The van der Waals surface area contributed by atoms with E-state index in [1.807, 2.05) is 0 Å². The largest absolute Gasteiger partial charge is 0.435 e. The van der Waals surface area contributed by atoms with Crippen molar-refractivity contribution in [3.63, 3.8) is 0 Å². The van der Waals surface area contributed by atoms with Crippen molar-refractivity contribution >= 4 is 5.97 Å². The molecule has 3 saturated carbocycles. The van der Waals surface area contributed by atoms with Gasteiger partial charge < -0.3 is 14.6 Å². The molecule has 5 fully saturated rings. The molecule has 0 amide bonds. The smallest absolute Gasteiger partial charge is 0.311 e. The Balaban J connectivity index is 1.61. The lowest BCUT2D eigenvalue weighted by atomic mass is 9.38. The van der Waals surface area contributed by atoms with E-state index in [-0.39, 0.29) is 28.6 Å². The van der Waals surface area contributed by atoms with E-state index in [0.717, 1.165) is 25.7 Å². The van der Waals surface area contributed by atoms with Crippen molar-refractivity contribution in [2.45, 2.75) is 78.3 Å². The Labute approximate surface area is 144 Å². The molecule has 1 N–H and O–H groups in total. The lowest BCUT2D eigenvalue weighted by Gasteiger charge is -2.65. The van der Waals surface area contributed by atoms with Crippen LogP contribution in [0.15, 0.2) is 0 Å². The first-order valence-corrected chi connectivity index (χ1v) is 9.85. The van der Waals surface area contributed by atoms with Gasteiger partial charge in [-0.05, 0) is 61.2 Å².